The minimum absolute atomic E-state index is 0.274. The van der Waals surface area contributed by atoms with E-state index in [1.807, 2.05) is 0 Å². The summed E-state index contributed by atoms with van der Waals surface area (Å²) in [5.41, 5.74) is 0.318. The van der Waals surface area contributed by atoms with Gasteiger partial charge in [-0.3, -0.25) is 9.10 Å². The van der Waals surface area contributed by atoms with Crippen LogP contribution in [0.2, 0.25) is 5.02 Å². The number of carbonyl (C=O) groups excluding carboxylic acids is 1. The fourth-order valence-electron chi connectivity index (χ4n) is 2.02. The van der Waals surface area contributed by atoms with Crippen LogP contribution in [0.15, 0.2) is 18.2 Å². The zero-order valence-electron chi connectivity index (χ0n) is 12.4. The summed E-state index contributed by atoms with van der Waals surface area (Å²) in [4.78, 5) is 11.9. The summed E-state index contributed by atoms with van der Waals surface area (Å²) in [5.74, 6) is 0.0525. The van der Waals surface area contributed by atoms with Crippen molar-refractivity contribution in [1.29, 1.82) is 0 Å². The van der Waals surface area contributed by atoms with Gasteiger partial charge in [0, 0.05) is 7.05 Å². The van der Waals surface area contributed by atoms with E-state index in [2.05, 4.69) is 5.32 Å². The van der Waals surface area contributed by atoms with Crippen molar-refractivity contribution in [2.45, 2.75) is 19.4 Å². The molecule has 0 unspecified atom stereocenters. The molecule has 1 amide bonds. The number of halogens is 1. The molecule has 0 aliphatic rings. The van der Waals surface area contributed by atoms with Crippen molar-refractivity contribution in [3.05, 3.63) is 23.2 Å². The van der Waals surface area contributed by atoms with E-state index in [0.717, 1.165) is 10.6 Å². The van der Waals surface area contributed by atoms with E-state index in [4.69, 9.17) is 16.3 Å². The lowest BCUT2D eigenvalue weighted by molar-refractivity contribution is -0.121. The van der Waals surface area contributed by atoms with Crippen molar-refractivity contribution in [1.82, 2.24) is 5.32 Å². The quantitative estimate of drug-likeness (QED) is 0.858. The Kier molecular flexibility index (Phi) is 5.86. The Morgan fingerprint density at radius 3 is 2.48 bits per heavy atom. The van der Waals surface area contributed by atoms with Crippen LogP contribution in [0, 0.1) is 0 Å². The first-order chi connectivity index (χ1) is 9.76. The highest BCUT2D eigenvalue weighted by molar-refractivity contribution is 7.92. The van der Waals surface area contributed by atoms with Gasteiger partial charge in [-0.1, -0.05) is 18.5 Å². The number of rotatable bonds is 6. The lowest BCUT2D eigenvalue weighted by atomic mass is 10.2. The highest BCUT2D eigenvalue weighted by Crippen LogP contribution is 2.31. The number of methoxy groups -OCH3 is 1. The second kappa shape index (κ2) is 7.00. The van der Waals surface area contributed by atoms with Crippen LogP contribution in [0.4, 0.5) is 5.69 Å². The first-order valence-electron chi connectivity index (χ1n) is 6.30. The predicted octanol–water partition coefficient (Wildman–Crippen LogP) is 1.64. The van der Waals surface area contributed by atoms with Crippen molar-refractivity contribution < 1.29 is 17.9 Å². The third kappa shape index (κ3) is 4.01. The van der Waals surface area contributed by atoms with Gasteiger partial charge < -0.3 is 10.1 Å². The van der Waals surface area contributed by atoms with Gasteiger partial charge >= 0.3 is 0 Å². The normalized spacial score (nSPS) is 12.6. The molecule has 0 heterocycles. The Balaban J connectivity index is 3.39. The van der Waals surface area contributed by atoms with Crippen LogP contribution in [0.1, 0.15) is 13.3 Å². The van der Waals surface area contributed by atoms with E-state index in [-0.39, 0.29) is 10.9 Å². The number of carbonyl (C=O) groups is 1. The molecule has 118 valence electrons. The van der Waals surface area contributed by atoms with E-state index in [1.165, 1.54) is 20.2 Å². The van der Waals surface area contributed by atoms with Crippen LogP contribution in [-0.4, -0.2) is 40.8 Å². The molecule has 1 atom stereocenters. The fourth-order valence-corrected chi connectivity index (χ4v) is 3.47. The monoisotopic (exact) mass is 334 g/mol. The second-order valence-electron chi connectivity index (χ2n) is 4.42. The molecule has 0 saturated carbocycles. The summed E-state index contributed by atoms with van der Waals surface area (Å²) in [5, 5.41) is 2.75. The molecular weight excluding hydrogens is 316 g/mol. The summed E-state index contributed by atoms with van der Waals surface area (Å²) in [6.45, 7) is 1.74. The molecule has 21 heavy (non-hydrogen) atoms. The first kappa shape index (κ1) is 17.6. The number of hydrogen-bond donors (Lipinski definition) is 1. The molecule has 8 heteroatoms. The number of amides is 1. The van der Waals surface area contributed by atoms with E-state index >= 15 is 0 Å². The molecule has 1 rings (SSSR count). The Labute approximate surface area is 130 Å². The Hall–Kier alpha value is -1.47. The maximum Gasteiger partial charge on any atom is 0.243 e. The molecular formula is C13H19ClN2O4S. The van der Waals surface area contributed by atoms with Crippen LogP contribution in [0.3, 0.4) is 0 Å². The van der Waals surface area contributed by atoms with Crippen LogP contribution in [0.5, 0.6) is 5.75 Å². The summed E-state index contributed by atoms with van der Waals surface area (Å²) in [6.07, 6.45) is 1.38. The van der Waals surface area contributed by atoms with E-state index < -0.39 is 16.1 Å². The van der Waals surface area contributed by atoms with Gasteiger partial charge in [-0.15, -0.1) is 0 Å². The SMILES string of the molecule is CC[C@@H](C(=O)NC)N(c1ccc(OC)c(Cl)c1)S(C)(=O)=O. The summed E-state index contributed by atoms with van der Waals surface area (Å²) < 4.78 is 30.3. The average molecular weight is 335 g/mol. The van der Waals surface area contributed by atoms with Gasteiger partial charge in [-0.25, -0.2) is 8.42 Å². The van der Waals surface area contributed by atoms with Crippen LogP contribution < -0.4 is 14.4 Å². The Morgan fingerprint density at radius 1 is 1.48 bits per heavy atom. The maximum atomic E-state index is 12.1. The minimum Gasteiger partial charge on any atom is -0.495 e. The summed E-state index contributed by atoms with van der Waals surface area (Å²) in [6, 6.07) is 3.74. The van der Waals surface area contributed by atoms with Crippen molar-refractivity contribution >= 4 is 33.2 Å². The number of anilines is 1. The minimum atomic E-state index is -3.65. The number of likely N-dealkylation sites (N-methyl/N-ethyl adjacent to an activating group) is 1. The lowest BCUT2D eigenvalue weighted by Crippen LogP contribution is -2.48. The van der Waals surface area contributed by atoms with Crippen molar-refractivity contribution in [3.63, 3.8) is 0 Å². The van der Waals surface area contributed by atoms with Gasteiger partial charge in [0.1, 0.15) is 11.8 Å². The third-order valence-corrected chi connectivity index (χ3v) is 4.44. The second-order valence-corrected chi connectivity index (χ2v) is 6.68. The van der Waals surface area contributed by atoms with Crippen molar-refractivity contribution in [2.24, 2.45) is 0 Å². The highest BCUT2D eigenvalue weighted by atomic mass is 35.5. The van der Waals surface area contributed by atoms with Crippen LogP contribution in [-0.2, 0) is 14.8 Å². The summed E-state index contributed by atoms with van der Waals surface area (Å²) in [7, 11) is -0.716. The number of sulfonamides is 1. The first-order valence-corrected chi connectivity index (χ1v) is 8.53. The molecule has 0 aliphatic carbocycles. The topological polar surface area (TPSA) is 75.7 Å². The maximum absolute atomic E-state index is 12.1. The molecule has 0 fully saturated rings. The zero-order chi connectivity index (χ0) is 16.2. The molecule has 6 nitrogen and oxygen atoms in total. The average Bonchev–Trinajstić information content (AvgIpc) is 2.42. The summed E-state index contributed by atoms with van der Waals surface area (Å²) >= 11 is 6.04. The molecule has 1 aromatic rings. The van der Waals surface area contributed by atoms with Crippen molar-refractivity contribution in [2.75, 3.05) is 24.7 Å². The Morgan fingerprint density at radius 2 is 2.10 bits per heavy atom. The number of ether oxygens (including phenoxy) is 1. The molecule has 0 aromatic heterocycles. The van der Waals surface area contributed by atoms with Crippen LogP contribution >= 0.6 is 11.6 Å². The van der Waals surface area contributed by atoms with Crippen molar-refractivity contribution in [3.8, 4) is 5.75 Å². The highest BCUT2D eigenvalue weighted by Gasteiger charge is 2.31. The molecule has 0 aliphatic heterocycles. The zero-order valence-corrected chi connectivity index (χ0v) is 14.0. The van der Waals surface area contributed by atoms with Gasteiger partial charge in [0.15, 0.2) is 0 Å². The van der Waals surface area contributed by atoms with E-state index in [0.29, 0.717) is 17.9 Å². The molecule has 0 saturated heterocycles. The predicted molar refractivity (Wildman–Crippen MR) is 83.5 cm³/mol. The number of nitrogens with zero attached hydrogens (tertiary/aromatic N) is 1. The smallest absolute Gasteiger partial charge is 0.243 e. The van der Waals surface area contributed by atoms with Gasteiger partial charge in [0.05, 0.1) is 24.1 Å². The van der Waals surface area contributed by atoms with Gasteiger partial charge in [0.2, 0.25) is 15.9 Å². The molecule has 0 spiro atoms. The Bertz CT molecular complexity index is 619. The van der Waals surface area contributed by atoms with E-state index in [9.17, 15) is 13.2 Å². The largest absolute Gasteiger partial charge is 0.495 e. The van der Waals surface area contributed by atoms with Gasteiger partial charge in [-0.05, 0) is 24.6 Å². The molecule has 0 radical (unpaired) electrons. The molecule has 1 aromatic carbocycles. The number of nitrogens with one attached hydrogen (secondary N) is 1. The third-order valence-electron chi connectivity index (χ3n) is 2.97. The fraction of sp³-hybridized carbons (Fsp3) is 0.462. The number of hydrogen-bond acceptors (Lipinski definition) is 4. The standard InChI is InChI=1S/C13H19ClN2O4S/c1-5-11(13(17)15-2)16(21(4,18)19)9-6-7-12(20-3)10(14)8-9/h6-8,11H,5H2,1-4H3,(H,15,17)/t11-/m0/s1. The lowest BCUT2D eigenvalue weighted by Gasteiger charge is -2.29. The molecule has 0 bridgehead atoms. The van der Waals surface area contributed by atoms with Gasteiger partial charge in [0.25, 0.3) is 0 Å². The van der Waals surface area contributed by atoms with Gasteiger partial charge in [-0.2, -0.15) is 0 Å². The van der Waals surface area contributed by atoms with E-state index in [1.54, 1.807) is 19.1 Å². The van der Waals surface area contributed by atoms with Crippen LogP contribution in [0.25, 0.3) is 0 Å². The molecule has 1 N–H and O–H groups in total. The number of benzene rings is 1.